The Morgan fingerprint density at radius 2 is 1.82 bits per heavy atom. The number of hydrogen-bond donors (Lipinski definition) is 2. The first kappa shape index (κ1) is 20.0. The van der Waals surface area contributed by atoms with E-state index in [1.54, 1.807) is 19.1 Å². The van der Waals surface area contributed by atoms with E-state index in [0.717, 1.165) is 24.3 Å². The fraction of sp³-hybridized carbons (Fsp3) is 0.350. The van der Waals surface area contributed by atoms with Gasteiger partial charge in [0, 0.05) is 24.8 Å². The van der Waals surface area contributed by atoms with Crippen LogP contribution in [0.25, 0.3) is 0 Å². The molecule has 0 saturated carbocycles. The molecule has 150 valence electrons. The first-order valence-electron chi connectivity index (χ1n) is 9.21. The Labute approximate surface area is 165 Å². The summed E-state index contributed by atoms with van der Waals surface area (Å²) in [6, 6.07) is 8.73. The van der Waals surface area contributed by atoms with Crippen molar-refractivity contribution in [3.8, 4) is 5.75 Å². The van der Waals surface area contributed by atoms with Crippen LogP contribution in [0.1, 0.15) is 25.0 Å². The average Bonchev–Trinajstić information content (AvgIpc) is 2.64. The maximum atomic E-state index is 13.0. The molecular formula is C20H25N3O4S. The van der Waals surface area contributed by atoms with Crippen LogP contribution in [0.2, 0.25) is 0 Å². The molecule has 0 bridgehead atoms. The summed E-state index contributed by atoms with van der Waals surface area (Å²) in [6.45, 7) is 9.36. The number of sulfonamides is 1. The van der Waals surface area contributed by atoms with Crippen LogP contribution in [0.3, 0.4) is 0 Å². The minimum atomic E-state index is -3.81. The van der Waals surface area contributed by atoms with Gasteiger partial charge in [0.1, 0.15) is 5.75 Å². The topological polar surface area (TPSA) is 87.7 Å². The van der Waals surface area contributed by atoms with E-state index in [2.05, 4.69) is 28.8 Å². The Balaban J connectivity index is 1.91. The zero-order valence-corrected chi connectivity index (χ0v) is 17.3. The highest BCUT2D eigenvalue weighted by molar-refractivity contribution is 7.92. The van der Waals surface area contributed by atoms with Crippen molar-refractivity contribution in [2.75, 3.05) is 34.6 Å². The van der Waals surface area contributed by atoms with Crippen molar-refractivity contribution in [1.82, 2.24) is 0 Å². The molecule has 1 amide bonds. The summed E-state index contributed by atoms with van der Waals surface area (Å²) < 4.78 is 34.0. The number of nitrogens with zero attached hydrogens (tertiary/aromatic N) is 1. The number of carbonyl (C=O) groups excluding carboxylic acids is 1. The number of anilines is 3. The lowest BCUT2D eigenvalue weighted by molar-refractivity contribution is -0.118. The molecule has 1 aliphatic heterocycles. The Hall–Kier alpha value is -2.74. The van der Waals surface area contributed by atoms with Crippen molar-refractivity contribution in [1.29, 1.82) is 0 Å². The second-order valence-electron chi connectivity index (χ2n) is 6.73. The summed E-state index contributed by atoms with van der Waals surface area (Å²) in [4.78, 5) is 13.8. The minimum Gasteiger partial charge on any atom is -0.482 e. The second-order valence-corrected chi connectivity index (χ2v) is 8.38. The first-order chi connectivity index (χ1) is 13.2. The lowest BCUT2D eigenvalue weighted by Gasteiger charge is -2.23. The maximum absolute atomic E-state index is 13.0. The molecule has 0 unspecified atom stereocenters. The van der Waals surface area contributed by atoms with Crippen LogP contribution in [0.4, 0.5) is 17.1 Å². The van der Waals surface area contributed by atoms with Gasteiger partial charge in [-0.2, -0.15) is 0 Å². The predicted octanol–water partition coefficient (Wildman–Crippen LogP) is 3.28. The first-order valence-corrected chi connectivity index (χ1v) is 10.7. The fourth-order valence-electron chi connectivity index (χ4n) is 3.25. The van der Waals surface area contributed by atoms with Crippen molar-refractivity contribution in [3.05, 3.63) is 41.5 Å². The lowest BCUT2D eigenvalue weighted by atomic mass is 10.1. The van der Waals surface area contributed by atoms with Crippen LogP contribution < -0.4 is 19.7 Å². The number of carbonyl (C=O) groups is 1. The van der Waals surface area contributed by atoms with E-state index >= 15 is 0 Å². The summed E-state index contributed by atoms with van der Waals surface area (Å²) in [7, 11) is -3.81. The van der Waals surface area contributed by atoms with Crippen molar-refractivity contribution in [2.45, 2.75) is 32.6 Å². The number of ether oxygens (including phenoxy) is 1. The molecule has 0 aliphatic carbocycles. The Morgan fingerprint density at radius 1 is 1.11 bits per heavy atom. The molecule has 0 spiro atoms. The van der Waals surface area contributed by atoms with Gasteiger partial charge in [0.25, 0.3) is 15.9 Å². The van der Waals surface area contributed by atoms with E-state index in [0.29, 0.717) is 22.7 Å². The SMILES string of the molecule is CCN(CC)c1ccc(NS(=O)(=O)c2cc3c(cc2C)NC(=O)CO3)c(C)c1. The molecule has 0 radical (unpaired) electrons. The third-order valence-electron chi connectivity index (χ3n) is 4.78. The molecule has 3 rings (SSSR count). The predicted molar refractivity (Wildman–Crippen MR) is 111 cm³/mol. The van der Waals surface area contributed by atoms with Gasteiger partial charge in [0.15, 0.2) is 6.61 Å². The molecular weight excluding hydrogens is 378 g/mol. The molecule has 0 aromatic heterocycles. The molecule has 2 aromatic carbocycles. The van der Waals surface area contributed by atoms with Crippen LogP contribution in [-0.2, 0) is 14.8 Å². The number of rotatable bonds is 6. The number of benzene rings is 2. The average molecular weight is 404 g/mol. The van der Waals surface area contributed by atoms with E-state index in [4.69, 9.17) is 4.74 Å². The van der Waals surface area contributed by atoms with E-state index in [-0.39, 0.29) is 17.4 Å². The quantitative estimate of drug-likeness (QED) is 0.773. The van der Waals surface area contributed by atoms with Gasteiger partial charge < -0.3 is 15.0 Å². The molecule has 8 heteroatoms. The molecule has 1 heterocycles. The Morgan fingerprint density at radius 3 is 2.46 bits per heavy atom. The van der Waals surface area contributed by atoms with Crippen LogP contribution in [0, 0.1) is 13.8 Å². The minimum absolute atomic E-state index is 0.120. The van der Waals surface area contributed by atoms with Gasteiger partial charge in [-0.1, -0.05) is 0 Å². The van der Waals surface area contributed by atoms with Gasteiger partial charge in [-0.05, 0) is 63.1 Å². The molecule has 0 fully saturated rings. The molecule has 7 nitrogen and oxygen atoms in total. The largest absolute Gasteiger partial charge is 0.482 e. The van der Waals surface area contributed by atoms with Gasteiger partial charge in [-0.25, -0.2) is 8.42 Å². The molecule has 28 heavy (non-hydrogen) atoms. The Kier molecular flexibility index (Phi) is 5.51. The lowest BCUT2D eigenvalue weighted by Crippen LogP contribution is -2.26. The Bertz CT molecular complexity index is 1010. The highest BCUT2D eigenvalue weighted by atomic mass is 32.2. The van der Waals surface area contributed by atoms with Gasteiger partial charge in [-0.3, -0.25) is 9.52 Å². The monoisotopic (exact) mass is 403 g/mol. The van der Waals surface area contributed by atoms with Crippen LogP contribution in [0.5, 0.6) is 5.75 Å². The summed E-state index contributed by atoms with van der Waals surface area (Å²) in [5.41, 5.74) is 3.43. The van der Waals surface area contributed by atoms with Gasteiger partial charge in [-0.15, -0.1) is 0 Å². The highest BCUT2D eigenvalue weighted by Gasteiger charge is 2.24. The smallest absolute Gasteiger partial charge is 0.262 e. The number of nitrogens with one attached hydrogen (secondary N) is 2. The summed E-state index contributed by atoms with van der Waals surface area (Å²) >= 11 is 0. The zero-order valence-electron chi connectivity index (χ0n) is 16.5. The number of fused-ring (bicyclic) bond motifs is 1. The van der Waals surface area contributed by atoms with E-state index in [1.165, 1.54) is 6.07 Å². The summed E-state index contributed by atoms with van der Waals surface area (Å²) in [6.07, 6.45) is 0. The van der Waals surface area contributed by atoms with Crippen molar-refractivity contribution >= 4 is 33.0 Å². The third-order valence-corrected chi connectivity index (χ3v) is 6.29. The van der Waals surface area contributed by atoms with Crippen molar-refractivity contribution in [3.63, 3.8) is 0 Å². The second kappa shape index (κ2) is 7.71. The van der Waals surface area contributed by atoms with Gasteiger partial charge in [0.2, 0.25) is 0 Å². The zero-order chi connectivity index (χ0) is 20.5. The molecule has 1 aliphatic rings. The normalized spacial score (nSPS) is 13.4. The fourth-order valence-corrected chi connectivity index (χ4v) is 4.63. The van der Waals surface area contributed by atoms with Crippen molar-refractivity contribution in [2.24, 2.45) is 0 Å². The molecule has 0 saturated heterocycles. The number of amides is 1. The van der Waals surface area contributed by atoms with E-state index < -0.39 is 10.0 Å². The summed E-state index contributed by atoms with van der Waals surface area (Å²) in [5, 5.41) is 2.68. The van der Waals surface area contributed by atoms with Gasteiger partial charge >= 0.3 is 0 Å². The van der Waals surface area contributed by atoms with Crippen LogP contribution in [0.15, 0.2) is 35.2 Å². The third kappa shape index (κ3) is 3.91. The highest BCUT2D eigenvalue weighted by Crippen LogP contribution is 2.34. The number of hydrogen-bond acceptors (Lipinski definition) is 5. The molecule has 0 atom stereocenters. The van der Waals surface area contributed by atoms with Gasteiger partial charge in [0.05, 0.1) is 16.3 Å². The van der Waals surface area contributed by atoms with E-state index in [1.807, 2.05) is 19.1 Å². The van der Waals surface area contributed by atoms with Crippen molar-refractivity contribution < 1.29 is 17.9 Å². The standard InChI is InChI=1S/C20H25N3O4S/c1-5-23(6-2)15-7-8-16(13(3)9-15)22-28(25,26)19-11-18-17(10-14(19)4)21-20(24)12-27-18/h7-11,22H,5-6,12H2,1-4H3,(H,21,24). The maximum Gasteiger partial charge on any atom is 0.262 e. The van der Waals surface area contributed by atoms with Crippen LogP contribution in [-0.4, -0.2) is 34.0 Å². The summed E-state index contributed by atoms with van der Waals surface area (Å²) in [5.74, 6) is 0.0868. The molecule has 2 N–H and O–H groups in total. The molecule has 2 aromatic rings. The van der Waals surface area contributed by atoms with E-state index in [9.17, 15) is 13.2 Å². The van der Waals surface area contributed by atoms with Crippen LogP contribution >= 0.6 is 0 Å². The number of aryl methyl sites for hydroxylation is 2.